The van der Waals surface area contributed by atoms with Crippen molar-refractivity contribution >= 4 is 25.8 Å². The second-order valence-electron chi connectivity index (χ2n) is 5.30. The van der Waals surface area contributed by atoms with Gasteiger partial charge < -0.3 is 4.74 Å². The van der Waals surface area contributed by atoms with Crippen molar-refractivity contribution in [3.8, 4) is 5.75 Å². The van der Waals surface area contributed by atoms with Crippen molar-refractivity contribution in [1.29, 1.82) is 0 Å². The molecule has 8 nitrogen and oxygen atoms in total. The number of rotatable bonds is 6. The third kappa shape index (κ3) is 4.91. The number of carbonyl (C=O) groups excluding carboxylic acids is 1. The fourth-order valence-corrected chi connectivity index (χ4v) is 5.01. The number of sulfone groups is 1. The van der Waals surface area contributed by atoms with E-state index in [1.807, 2.05) is 4.83 Å². The molecule has 0 saturated carbocycles. The van der Waals surface area contributed by atoms with Gasteiger partial charge >= 0.3 is 0 Å². The Bertz CT molecular complexity index is 771. The van der Waals surface area contributed by atoms with Gasteiger partial charge in [0.25, 0.3) is 10.0 Å². The lowest BCUT2D eigenvalue weighted by Gasteiger charge is -2.11. The SMILES string of the molecule is COc1ccc(S(=O)(=O)NNC(=O)C[C@H]2CCS(=O)(=O)C2)cc1. The molecule has 10 heteroatoms. The zero-order valence-electron chi connectivity index (χ0n) is 12.5. The lowest BCUT2D eigenvalue weighted by molar-refractivity contribution is -0.122. The van der Waals surface area contributed by atoms with Crippen LogP contribution < -0.4 is 15.0 Å². The first-order valence-corrected chi connectivity index (χ1v) is 10.2. The van der Waals surface area contributed by atoms with E-state index in [9.17, 15) is 21.6 Å². The van der Waals surface area contributed by atoms with Gasteiger partial charge in [0.2, 0.25) is 5.91 Å². The molecule has 0 unspecified atom stereocenters. The van der Waals surface area contributed by atoms with Gasteiger partial charge in [0.15, 0.2) is 9.84 Å². The minimum absolute atomic E-state index is 0.0259. The molecule has 0 radical (unpaired) electrons. The predicted molar refractivity (Wildman–Crippen MR) is 82.8 cm³/mol. The van der Waals surface area contributed by atoms with E-state index in [-0.39, 0.29) is 28.7 Å². The van der Waals surface area contributed by atoms with Crippen molar-refractivity contribution in [2.45, 2.75) is 17.7 Å². The normalized spacial score (nSPS) is 20.1. The van der Waals surface area contributed by atoms with Crippen LogP contribution in [0, 0.1) is 5.92 Å². The Morgan fingerprint density at radius 2 is 1.96 bits per heavy atom. The molecule has 23 heavy (non-hydrogen) atoms. The molecule has 1 aliphatic rings. The number of hydrazine groups is 1. The zero-order chi connectivity index (χ0) is 17.1. The standard InChI is InChI=1S/C13H18N2O6S2/c1-21-11-2-4-12(5-3-11)23(19,20)15-14-13(16)8-10-6-7-22(17,18)9-10/h2-5,10,15H,6-9H2,1H3,(H,14,16)/t10-/m1/s1. The number of ether oxygens (including phenoxy) is 1. The fourth-order valence-electron chi connectivity index (χ4n) is 2.28. The fraction of sp³-hybridized carbons (Fsp3) is 0.462. The van der Waals surface area contributed by atoms with Gasteiger partial charge in [0.05, 0.1) is 23.5 Å². The van der Waals surface area contributed by atoms with Gasteiger partial charge in [-0.25, -0.2) is 16.8 Å². The van der Waals surface area contributed by atoms with Gasteiger partial charge in [-0.1, -0.05) is 0 Å². The van der Waals surface area contributed by atoms with Crippen LogP contribution in [0.5, 0.6) is 5.75 Å². The number of benzene rings is 1. The summed E-state index contributed by atoms with van der Waals surface area (Å²) < 4.78 is 51.6. The maximum atomic E-state index is 12.0. The Morgan fingerprint density at radius 1 is 1.30 bits per heavy atom. The number of methoxy groups -OCH3 is 1. The van der Waals surface area contributed by atoms with E-state index >= 15 is 0 Å². The number of hydrogen-bond acceptors (Lipinski definition) is 6. The summed E-state index contributed by atoms with van der Waals surface area (Å²) in [5, 5.41) is 0. The first-order valence-electron chi connectivity index (χ1n) is 6.87. The third-order valence-corrected chi connectivity index (χ3v) is 6.60. The number of sulfonamides is 1. The lowest BCUT2D eigenvalue weighted by atomic mass is 10.1. The summed E-state index contributed by atoms with van der Waals surface area (Å²) in [6.45, 7) is 0. The van der Waals surface area contributed by atoms with Crippen LogP contribution >= 0.6 is 0 Å². The topological polar surface area (TPSA) is 119 Å². The lowest BCUT2D eigenvalue weighted by Crippen LogP contribution is -2.42. The average Bonchev–Trinajstić information content (AvgIpc) is 2.84. The van der Waals surface area contributed by atoms with E-state index in [1.54, 1.807) is 0 Å². The monoisotopic (exact) mass is 362 g/mol. The van der Waals surface area contributed by atoms with Crippen molar-refractivity contribution in [3.63, 3.8) is 0 Å². The summed E-state index contributed by atoms with van der Waals surface area (Å²) in [5.74, 6) is -0.293. The second kappa shape index (κ2) is 6.85. The third-order valence-electron chi connectivity index (χ3n) is 3.50. The molecule has 1 heterocycles. The van der Waals surface area contributed by atoms with Gasteiger partial charge in [0, 0.05) is 6.42 Å². The summed E-state index contributed by atoms with van der Waals surface area (Å²) in [7, 11) is -5.49. The summed E-state index contributed by atoms with van der Waals surface area (Å²) in [6, 6.07) is 5.66. The number of carbonyl (C=O) groups is 1. The number of nitrogens with one attached hydrogen (secondary N) is 2. The second-order valence-corrected chi connectivity index (χ2v) is 9.21. The molecule has 0 bridgehead atoms. The molecule has 0 aromatic heterocycles. The van der Waals surface area contributed by atoms with Crippen molar-refractivity contribution < 1.29 is 26.4 Å². The van der Waals surface area contributed by atoms with Gasteiger partial charge in [0.1, 0.15) is 5.75 Å². The Morgan fingerprint density at radius 3 is 2.48 bits per heavy atom. The van der Waals surface area contributed by atoms with E-state index < -0.39 is 25.8 Å². The molecule has 1 aromatic rings. The van der Waals surface area contributed by atoms with Crippen molar-refractivity contribution in [2.24, 2.45) is 5.92 Å². The van der Waals surface area contributed by atoms with Gasteiger partial charge in [-0.3, -0.25) is 10.2 Å². The summed E-state index contributed by atoms with van der Waals surface area (Å²) in [4.78, 5) is 13.7. The van der Waals surface area contributed by atoms with Crippen molar-refractivity contribution in [2.75, 3.05) is 18.6 Å². The molecule has 128 valence electrons. The molecular weight excluding hydrogens is 344 g/mol. The summed E-state index contributed by atoms with van der Waals surface area (Å²) in [5.41, 5.74) is 2.10. The Hall–Kier alpha value is -1.65. The number of hydrogen-bond donors (Lipinski definition) is 2. The zero-order valence-corrected chi connectivity index (χ0v) is 14.1. The highest BCUT2D eigenvalue weighted by atomic mass is 32.2. The Kier molecular flexibility index (Phi) is 5.27. The molecule has 1 fully saturated rings. The van der Waals surface area contributed by atoms with E-state index in [0.29, 0.717) is 12.2 Å². The van der Waals surface area contributed by atoms with Gasteiger partial charge in [-0.2, -0.15) is 0 Å². The van der Waals surface area contributed by atoms with E-state index in [1.165, 1.54) is 31.4 Å². The van der Waals surface area contributed by atoms with Crippen LogP contribution in [0.3, 0.4) is 0 Å². The molecule has 0 spiro atoms. The van der Waals surface area contributed by atoms with Crippen molar-refractivity contribution in [1.82, 2.24) is 10.3 Å². The highest BCUT2D eigenvalue weighted by molar-refractivity contribution is 7.91. The van der Waals surface area contributed by atoms with Crippen LogP contribution in [0.1, 0.15) is 12.8 Å². The molecule has 2 N–H and O–H groups in total. The smallest absolute Gasteiger partial charge is 0.257 e. The van der Waals surface area contributed by atoms with Crippen molar-refractivity contribution in [3.05, 3.63) is 24.3 Å². The quantitative estimate of drug-likeness (QED) is 0.678. The van der Waals surface area contributed by atoms with Crippen LogP contribution in [0.4, 0.5) is 0 Å². The number of amides is 1. The van der Waals surface area contributed by atoms with E-state index in [4.69, 9.17) is 4.74 Å². The molecule has 0 aliphatic carbocycles. The highest BCUT2D eigenvalue weighted by Gasteiger charge is 2.29. The average molecular weight is 362 g/mol. The molecule has 1 atom stereocenters. The van der Waals surface area contributed by atoms with Crippen LogP contribution in [-0.4, -0.2) is 41.4 Å². The summed E-state index contributed by atoms with van der Waals surface area (Å²) in [6.07, 6.45) is 0.380. The molecule has 1 aromatic carbocycles. The van der Waals surface area contributed by atoms with E-state index in [2.05, 4.69) is 5.43 Å². The van der Waals surface area contributed by atoms with Crippen LogP contribution in [-0.2, 0) is 24.7 Å². The maximum Gasteiger partial charge on any atom is 0.257 e. The molecular formula is C13H18N2O6S2. The largest absolute Gasteiger partial charge is 0.497 e. The minimum atomic E-state index is -3.89. The first kappa shape index (κ1) is 17.7. The van der Waals surface area contributed by atoms with Gasteiger partial charge in [-0.15, -0.1) is 4.83 Å². The molecule has 2 rings (SSSR count). The maximum absolute atomic E-state index is 12.0. The Balaban J connectivity index is 1.89. The molecule has 1 amide bonds. The van der Waals surface area contributed by atoms with Crippen LogP contribution in [0.15, 0.2) is 29.2 Å². The predicted octanol–water partition coefficient (Wildman–Crippen LogP) is -0.170. The Labute approximate surface area is 135 Å². The first-order chi connectivity index (χ1) is 10.7. The summed E-state index contributed by atoms with van der Waals surface area (Å²) >= 11 is 0. The molecule has 1 saturated heterocycles. The molecule has 1 aliphatic heterocycles. The highest BCUT2D eigenvalue weighted by Crippen LogP contribution is 2.21. The van der Waals surface area contributed by atoms with Gasteiger partial charge in [-0.05, 0) is 36.6 Å². The van der Waals surface area contributed by atoms with E-state index in [0.717, 1.165) is 0 Å². The van der Waals surface area contributed by atoms with Crippen LogP contribution in [0.25, 0.3) is 0 Å². The van der Waals surface area contributed by atoms with Crippen LogP contribution in [0.2, 0.25) is 0 Å². The minimum Gasteiger partial charge on any atom is -0.497 e.